The molecule has 4 heteroatoms. The van der Waals surface area contributed by atoms with Gasteiger partial charge in [-0.3, -0.25) is 0 Å². The van der Waals surface area contributed by atoms with E-state index in [0.717, 1.165) is 31.6 Å². The first-order valence-corrected chi connectivity index (χ1v) is 5.53. The zero-order valence-electron chi connectivity index (χ0n) is 9.10. The summed E-state index contributed by atoms with van der Waals surface area (Å²) in [6.07, 6.45) is 1.89. The van der Waals surface area contributed by atoms with Gasteiger partial charge in [0.1, 0.15) is 0 Å². The summed E-state index contributed by atoms with van der Waals surface area (Å²) in [5.74, 6) is 0.167. The lowest BCUT2D eigenvalue weighted by molar-refractivity contribution is 0.0583. The smallest absolute Gasteiger partial charge is 0.157 e. The summed E-state index contributed by atoms with van der Waals surface area (Å²) in [5, 5.41) is 18.6. The van der Waals surface area contributed by atoms with Crippen LogP contribution in [0.5, 0.6) is 11.5 Å². The van der Waals surface area contributed by atoms with Gasteiger partial charge in [0.05, 0.1) is 0 Å². The SMILES string of the molecule is N[C@H](c1ccc(O)c(O)c1)C1CCOCC1. The van der Waals surface area contributed by atoms with Crippen LogP contribution in [0.3, 0.4) is 0 Å². The second kappa shape index (κ2) is 4.72. The number of aromatic hydroxyl groups is 2. The van der Waals surface area contributed by atoms with E-state index in [9.17, 15) is 10.2 Å². The molecule has 16 heavy (non-hydrogen) atoms. The summed E-state index contributed by atoms with van der Waals surface area (Å²) < 4.78 is 5.28. The summed E-state index contributed by atoms with van der Waals surface area (Å²) in [6, 6.07) is 4.67. The minimum atomic E-state index is -0.111. The molecule has 0 amide bonds. The molecule has 0 radical (unpaired) electrons. The lowest BCUT2D eigenvalue weighted by Crippen LogP contribution is -2.27. The van der Waals surface area contributed by atoms with Crippen molar-refractivity contribution in [2.24, 2.45) is 11.7 Å². The number of phenolic OH excluding ortho intramolecular Hbond substituents is 2. The maximum absolute atomic E-state index is 9.42. The van der Waals surface area contributed by atoms with Gasteiger partial charge in [0.15, 0.2) is 11.5 Å². The van der Waals surface area contributed by atoms with Crippen LogP contribution >= 0.6 is 0 Å². The number of rotatable bonds is 2. The molecule has 0 spiro atoms. The second-order valence-electron chi connectivity index (χ2n) is 4.22. The molecule has 4 nitrogen and oxygen atoms in total. The van der Waals surface area contributed by atoms with Crippen LogP contribution in [-0.2, 0) is 4.74 Å². The van der Waals surface area contributed by atoms with Gasteiger partial charge in [-0.15, -0.1) is 0 Å². The number of hydrogen-bond donors (Lipinski definition) is 3. The van der Waals surface area contributed by atoms with E-state index >= 15 is 0 Å². The van der Waals surface area contributed by atoms with Crippen LogP contribution in [0.4, 0.5) is 0 Å². The molecule has 0 unspecified atom stereocenters. The highest BCUT2D eigenvalue weighted by molar-refractivity contribution is 5.41. The van der Waals surface area contributed by atoms with Gasteiger partial charge in [-0.25, -0.2) is 0 Å². The van der Waals surface area contributed by atoms with Crippen molar-refractivity contribution in [3.8, 4) is 11.5 Å². The highest BCUT2D eigenvalue weighted by atomic mass is 16.5. The van der Waals surface area contributed by atoms with E-state index in [1.807, 2.05) is 0 Å². The van der Waals surface area contributed by atoms with Crippen molar-refractivity contribution in [2.45, 2.75) is 18.9 Å². The van der Waals surface area contributed by atoms with Gasteiger partial charge in [-0.05, 0) is 36.5 Å². The van der Waals surface area contributed by atoms with Crippen molar-refractivity contribution in [2.75, 3.05) is 13.2 Å². The summed E-state index contributed by atoms with van der Waals surface area (Å²) in [6.45, 7) is 1.50. The minimum Gasteiger partial charge on any atom is -0.504 e. The highest BCUT2D eigenvalue weighted by Crippen LogP contribution is 2.32. The molecule has 88 valence electrons. The summed E-state index contributed by atoms with van der Waals surface area (Å²) >= 11 is 0. The standard InChI is InChI=1S/C12H17NO3/c13-12(8-3-5-16-6-4-8)9-1-2-10(14)11(15)7-9/h1-2,7-8,12,14-15H,3-6,13H2/t12-/m0/s1. The van der Waals surface area contributed by atoms with Crippen LogP contribution in [0, 0.1) is 5.92 Å². The number of ether oxygens (including phenoxy) is 1. The number of phenols is 2. The van der Waals surface area contributed by atoms with Crippen molar-refractivity contribution < 1.29 is 14.9 Å². The van der Waals surface area contributed by atoms with E-state index < -0.39 is 0 Å². The quantitative estimate of drug-likeness (QED) is 0.664. The Balaban J connectivity index is 2.12. The zero-order chi connectivity index (χ0) is 11.5. The minimum absolute atomic E-state index is 0.101. The molecular weight excluding hydrogens is 206 g/mol. The second-order valence-corrected chi connectivity index (χ2v) is 4.22. The molecule has 1 saturated heterocycles. The van der Waals surface area contributed by atoms with Crippen molar-refractivity contribution in [1.29, 1.82) is 0 Å². The lowest BCUT2D eigenvalue weighted by atomic mass is 9.88. The molecule has 1 atom stereocenters. The molecule has 0 aliphatic carbocycles. The zero-order valence-corrected chi connectivity index (χ0v) is 9.10. The van der Waals surface area contributed by atoms with Crippen LogP contribution in [0.2, 0.25) is 0 Å². The molecule has 2 rings (SSSR count). The van der Waals surface area contributed by atoms with Crippen LogP contribution < -0.4 is 5.73 Å². The highest BCUT2D eigenvalue weighted by Gasteiger charge is 2.22. The third-order valence-corrected chi connectivity index (χ3v) is 3.16. The fourth-order valence-electron chi connectivity index (χ4n) is 2.09. The Hall–Kier alpha value is -1.26. The summed E-state index contributed by atoms with van der Waals surface area (Å²) in [5.41, 5.74) is 7.00. The van der Waals surface area contributed by atoms with Gasteiger partial charge in [0.2, 0.25) is 0 Å². The molecule has 0 aromatic heterocycles. The predicted molar refractivity (Wildman–Crippen MR) is 60.2 cm³/mol. The molecule has 1 fully saturated rings. The van der Waals surface area contributed by atoms with Gasteiger partial charge >= 0.3 is 0 Å². The Morgan fingerprint density at radius 2 is 1.88 bits per heavy atom. The third kappa shape index (κ3) is 2.28. The normalized spacial score (nSPS) is 19.6. The van der Waals surface area contributed by atoms with Crippen LogP contribution in [0.1, 0.15) is 24.4 Å². The molecule has 1 aromatic rings. The van der Waals surface area contributed by atoms with E-state index in [-0.39, 0.29) is 17.5 Å². The number of benzene rings is 1. The monoisotopic (exact) mass is 223 g/mol. The van der Waals surface area contributed by atoms with Gasteiger partial charge in [-0.2, -0.15) is 0 Å². The fraction of sp³-hybridized carbons (Fsp3) is 0.500. The topological polar surface area (TPSA) is 75.7 Å². The lowest BCUT2D eigenvalue weighted by Gasteiger charge is -2.27. The molecule has 4 N–H and O–H groups in total. The third-order valence-electron chi connectivity index (χ3n) is 3.16. The molecule has 0 saturated carbocycles. The predicted octanol–water partition coefficient (Wildman–Crippen LogP) is 1.52. The maximum Gasteiger partial charge on any atom is 0.157 e. The Bertz CT molecular complexity index is 361. The van der Waals surface area contributed by atoms with Gasteiger partial charge in [0, 0.05) is 19.3 Å². The van der Waals surface area contributed by atoms with E-state index in [1.165, 1.54) is 12.1 Å². The van der Waals surface area contributed by atoms with Crippen LogP contribution in [0.25, 0.3) is 0 Å². The van der Waals surface area contributed by atoms with E-state index in [1.54, 1.807) is 6.07 Å². The first-order chi connectivity index (χ1) is 7.68. The van der Waals surface area contributed by atoms with Gasteiger partial charge < -0.3 is 20.7 Å². The molecule has 1 aliphatic heterocycles. The Morgan fingerprint density at radius 3 is 2.50 bits per heavy atom. The van der Waals surface area contributed by atoms with Crippen molar-refractivity contribution in [3.05, 3.63) is 23.8 Å². The van der Waals surface area contributed by atoms with Gasteiger partial charge in [-0.1, -0.05) is 6.07 Å². The number of nitrogens with two attached hydrogens (primary N) is 1. The largest absolute Gasteiger partial charge is 0.504 e. The van der Waals surface area contributed by atoms with Crippen LogP contribution in [0.15, 0.2) is 18.2 Å². The Morgan fingerprint density at radius 1 is 1.19 bits per heavy atom. The molecule has 1 heterocycles. The maximum atomic E-state index is 9.42. The first-order valence-electron chi connectivity index (χ1n) is 5.53. The summed E-state index contributed by atoms with van der Waals surface area (Å²) in [7, 11) is 0. The average molecular weight is 223 g/mol. The van der Waals surface area contributed by atoms with Crippen LogP contribution in [-0.4, -0.2) is 23.4 Å². The molecular formula is C12H17NO3. The summed E-state index contributed by atoms with van der Waals surface area (Å²) in [4.78, 5) is 0. The Labute approximate surface area is 94.7 Å². The van der Waals surface area contributed by atoms with Crippen molar-refractivity contribution >= 4 is 0 Å². The van der Waals surface area contributed by atoms with Crippen molar-refractivity contribution in [3.63, 3.8) is 0 Å². The molecule has 1 aliphatic rings. The average Bonchev–Trinajstić information content (AvgIpc) is 2.33. The number of hydrogen-bond acceptors (Lipinski definition) is 4. The first kappa shape index (κ1) is 11.2. The van der Waals surface area contributed by atoms with E-state index in [2.05, 4.69) is 0 Å². The fourth-order valence-corrected chi connectivity index (χ4v) is 2.09. The molecule has 1 aromatic carbocycles. The molecule has 0 bridgehead atoms. The van der Waals surface area contributed by atoms with E-state index in [0.29, 0.717) is 5.92 Å². The van der Waals surface area contributed by atoms with Gasteiger partial charge in [0.25, 0.3) is 0 Å². The Kier molecular flexibility index (Phi) is 3.31. The van der Waals surface area contributed by atoms with Crippen molar-refractivity contribution in [1.82, 2.24) is 0 Å². The van der Waals surface area contributed by atoms with E-state index in [4.69, 9.17) is 10.5 Å².